The van der Waals surface area contributed by atoms with Crippen molar-refractivity contribution in [3.05, 3.63) is 0 Å². The van der Waals surface area contributed by atoms with E-state index in [4.69, 9.17) is 15.6 Å². The predicted octanol–water partition coefficient (Wildman–Crippen LogP) is 0.903. The lowest BCUT2D eigenvalue weighted by Gasteiger charge is -2.22. The van der Waals surface area contributed by atoms with Gasteiger partial charge in [-0.2, -0.15) is 0 Å². The molecular weight excluding hydrogens is 154 g/mol. The minimum atomic E-state index is -0.195. The topological polar surface area (TPSA) is 55.5 Å². The molecule has 0 radical (unpaired) electrons. The van der Waals surface area contributed by atoms with Crippen LogP contribution in [0.4, 0.5) is 0 Å². The lowest BCUT2D eigenvalue weighted by molar-refractivity contribution is -0.0123. The molecule has 74 valence electrons. The van der Waals surface area contributed by atoms with Gasteiger partial charge in [0.1, 0.15) is 0 Å². The van der Waals surface area contributed by atoms with Crippen molar-refractivity contribution < 1.29 is 9.84 Å². The fourth-order valence-corrected chi connectivity index (χ4v) is 0.798. The summed E-state index contributed by atoms with van der Waals surface area (Å²) >= 11 is 0. The number of aliphatic hydroxyl groups is 1. The van der Waals surface area contributed by atoms with Gasteiger partial charge in [0.25, 0.3) is 0 Å². The fraction of sp³-hybridized carbons (Fsp3) is 1.00. The molecule has 12 heavy (non-hydrogen) atoms. The van der Waals surface area contributed by atoms with Crippen molar-refractivity contribution in [3.63, 3.8) is 0 Å². The Morgan fingerprint density at radius 1 is 1.25 bits per heavy atom. The highest BCUT2D eigenvalue weighted by Gasteiger charge is 2.14. The van der Waals surface area contributed by atoms with Gasteiger partial charge in [-0.1, -0.05) is 0 Å². The van der Waals surface area contributed by atoms with Gasteiger partial charge in [-0.15, -0.1) is 0 Å². The van der Waals surface area contributed by atoms with Gasteiger partial charge in [0, 0.05) is 19.8 Å². The maximum absolute atomic E-state index is 8.51. The zero-order chi connectivity index (χ0) is 9.45. The Hall–Kier alpha value is -0.120. The van der Waals surface area contributed by atoms with Gasteiger partial charge in [0.15, 0.2) is 0 Å². The summed E-state index contributed by atoms with van der Waals surface area (Å²) in [6.07, 6.45) is 2.90. The molecule has 0 spiro atoms. The van der Waals surface area contributed by atoms with E-state index in [1.165, 1.54) is 0 Å². The summed E-state index contributed by atoms with van der Waals surface area (Å²) < 4.78 is 5.52. The Kier molecular flexibility index (Phi) is 6.34. The Morgan fingerprint density at radius 2 is 1.92 bits per heavy atom. The molecular formula is C9H21NO2. The van der Waals surface area contributed by atoms with Gasteiger partial charge < -0.3 is 15.6 Å². The first-order chi connectivity index (χ1) is 5.62. The molecule has 3 heteroatoms. The van der Waals surface area contributed by atoms with E-state index in [9.17, 15) is 0 Å². The summed E-state index contributed by atoms with van der Waals surface area (Å²) in [6.45, 7) is 5.54. The first-order valence-corrected chi connectivity index (χ1v) is 4.57. The largest absolute Gasteiger partial charge is 0.396 e. The molecule has 0 atom stereocenters. The molecule has 0 aromatic carbocycles. The Labute approximate surface area is 74.9 Å². The van der Waals surface area contributed by atoms with Crippen molar-refractivity contribution in [2.75, 3.05) is 19.8 Å². The molecule has 3 N–H and O–H groups in total. The zero-order valence-corrected chi connectivity index (χ0v) is 8.18. The minimum absolute atomic E-state index is 0.195. The van der Waals surface area contributed by atoms with Gasteiger partial charge in [0.05, 0.1) is 5.60 Å². The molecule has 0 fully saturated rings. The molecule has 0 aliphatic carbocycles. The van der Waals surface area contributed by atoms with Crippen LogP contribution in [0.2, 0.25) is 0 Å². The molecule has 0 rings (SSSR count). The summed E-state index contributed by atoms with van der Waals surface area (Å²) in [6, 6.07) is 0. The SMILES string of the molecule is CC(C)(CN)OCCCCCO. The Balaban J connectivity index is 3.19. The maximum atomic E-state index is 8.51. The van der Waals surface area contributed by atoms with Crippen molar-refractivity contribution >= 4 is 0 Å². The van der Waals surface area contributed by atoms with Crippen LogP contribution in [0.25, 0.3) is 0 Å². The van der Waals surface area contributed by atoms with Gasteiger partial charge in [-0.3, -0.25) is 0 Å². The third kappa shape index (κ3) is 6.58. The monoisotopic (exact) mass is 175 g/mol. The summed E-state index contributed by atoms with van der Waals surface area (Å²) in [4.78, 5) is 0. The first-order valence-electron chi connectivity index (χ1n) is 4.57. The van der Waals surface area contributed by atoms with E-state index < -0.39 is 0 Å². The summed E-state index contributed by atoms with van der Waals surface area (Å²) in [5.74, 6) is 0. The summed E-state index contributed by atoms with van der Waals surface area (Å²) in [5.41, 5.74) is 5.29. The highest BCUT2D eigenvalue weighted by molar-refractivity contribution is 4.68. The molecule has 0 saturated heterocycles. The average molecular weight is 175 g/mol. The van der Waals surface area contributed by atoms with Crippen molar-refractivity contribution in [3.8, 4) is 0 Å². The molecule has 0 bridgehead atoms. The van der Waals surface area contributed by atoms with Crippen molar-refractivity contribution in [2.24, 2.45) is 5.73 Å². The second kappa shape index (κ2) is 6.40. The Morgan fingerprint density at radius 3 is 2.42 bits per heavy atom. The van der Waals surface area contributed by atoms with Gasteiger partial charge in [-0.25, -0.2) is 0 Å². The first kappa shape index (κ1) is 11.9. The lowest BCUT2D eigenvalue weighted by atomic mass is 10.1. The molecule has 0 aliphatic heterocycles. The van der Waals surface area contributed by atoms with Crippen LogP contribution < -0.4 is 5.73 Å². The van der Waals surface area contributed by atoms with Gasteiger partial charge in [0.2, 0.25) is 0 Å². The number of hydrogen-bond acceptors (Lipinski definition) is 3. The van der Waals surface area contributed by atoms with Crippen LogP contribution in [-0.4, -0.2) is 30.5 Å². The lowest BCUT2D eigenvalue weighted by Crippen LogP contribution is -2.34. The zero-order valence-electron chi connectivity index (χ0n) is 8.18. The molecule has 0 unspecified atom stereocenters. The average Bonchev–Trinajstić information content (AvgIpc) is 2.04. The number of hydrogen-bond donors (Lipinski definition) is 2. The highest BCUT2D eigenvalue weighted by atomic mass is 16.5. The number of nitrogens with two attached hydrogens (primary N) is 1. The van der Waals surface area contributed by atoms with E-state index >= 15 is 0 Å². The number of aliphatic hydroxyl groups excluding tert-OH is 1. The van der Waals surface area contributed by atoms with Crippen molar-refractivity contribution in [1.29, 1.82) is 0 Å². The number of ether oxygens (including phenoxy) is 1. The van der Waals surface area contributed by atoms with Crippen LogP contribution in [0.1, 0.15) is 33.1 Å². The van der Waals surface area contributed by atoms with E-state index in [1.54, 1.807) is 0 Å². The summed E-state index contributed by atoms with van der Waals surface area (Å²) in [5, 5.41) is 8.51. The molecule has 0 heterocycles. The molecule has 0 aromatic rings. The quantitative estimate of drug-likeness (QED) is 0.565. The summed E-state index contributed by atoms with van der Waals surface area (Å²) in [7, 11) is 0. The van der Waals surface area contributed by atoms with Crippen LogP contribution >= 0.6 is 0 Å². The minimum Gasteiger partial charge on any atom is -0.396 e. The molecule has 0 aliphatic rings. The van der Waals surface area contributed by atoms with E-state index in [2.05, 4.69) is 0 Å². The van der Waals surface area contributed by atoms with Crippen molar-refractivity contribution in [2.45, 2.75) is 38.7 Å². The molecule has 0 amide bonds. The second-order valence-corrected chi connectivity index (χ2v) is 3.60. The molecule has 3 nitrogen and oxygen atoms in total. The standard InChI is InChI=1S/C9H21NO2/c1-9(2,8-10)12-7-5-3-4-6-11/h11H,3-8,10H2,1-2H3. The normalized spacial score (nSPS) is 12.0. The van der Waals surface area contributed by atoms with Crippen LogP contribution in [0.3, 0.4) is 0 Å². The van der Waals surface area contributed by atoms with Crippen LogP contribution in [0.5, 0.6) is 0 Å². The van der Waals surface area contributed by atoms with E-state index in [0.29, 0.717) is 6.54 Å². The second-order valence-electron chi connectivity index (χ2n) is 3.60. The van der Waals surface area contributed by atoms with Crippen LogP contribution in [-0.2, 0) is 4.74 Å². The van der Waals surface area contributed by atoms with Crippen molar-refractivity contribution in [1.82, 2.24) is 0 Å². The Bertz CT molecular complexity index is 105. The van der Waals surface area contributed by atoms with Crippen LogP contribution in [0.15, 0.2) is 0 Å². The predicted molar refractivity (Wildman–Crippen MR) is 50.0 cm³/mol. The third-order valence-electron chi connectivity index (χ3n) is 1.79. The van der Waals surface area contributed by atoms with Gasteiger partial charge in [-0.05, 0) is 33.1 Å². The maximum Gasteiger partial charge on any atom is 0.0748 e. The van der Waals surface area contributed by atoms with Crippen LogP contribution in [0, 0.1) is 0 Å². The molecule has 0 aromatic heterocycles. The number of rotatable bonds is 7. The van der Waals surface area contributed by atoms with E-state index in [-0.39, 0.29) is 12.2 Å². The fourth-order valence-electron chi connectivity index (χ4n) is 0.798. The highest BCUT2D eigenvalue weighted by Crippen LogP contribution is 2.07. The molecule has 0 saturated carbocycles. The van der Waals surface area contributed by atoms with Gasteiger partial charge >= 0.3 is 0 Å². The van der Waals surface area contributed by atoms with E-state index in [1.807, 2.05) is 13.8 Å². The number of unbranched alkanes of at least 4 members (excludes halogenated alkanes) is 2. The van der Waals surface area contributed by atoms with E-state index in [0.717, 1.165) is 25.9 Å². The third-order valence-corrected chi connectivity index (χ3v) is 1.79. The smallest absolute Gasteiger partial charge is 0.0748 e.